The minimum Gasteiger partial charge on any atom is -0.337 e. The maximum Gasteiger partial charge on any atom is 0.255 e. The van der Waals surface area contributed by atoms with Gasteiger partial charge in [-0.1, -0.05) is 0 Å². The van der Waals surface area contributed by atoms with Crippen LogP contribution in [0.15, 0.2) is 24.3 Å². The molecule has 1 amide bonds. The van der Waals surface area contributed by atoms with Crippen LogP contribution in [0.25, 0.3) is 10.9 Å². The lowest BCUT2D eigenvalue weighted by Crippen LogP contribution is -2.32. The SMILES string of the molecule is Cc1nc2cc(F)ccc2cc1C(=O)N1CC[C@@H](N)C1.Cl.Cl. The Hall–Kier alpha value is -1.43. The van der Waals surface area contributed by atoms with Gasteiger partial charge in [0, 0.05) is 30.6 Å². The Balaban J connectivity index is 0.00000121. The van der Waals surface area contributed by atoms with Gasteiger partial charge in [-0.2, -0.15) is 0 Å². The van der Waals surface area contributed by atoms with Crippen molar-refractivity contribution in [1.29, 1.82) is 0 Å². The molecule has 0 aliphatic carbocycles. The smallest absolute Gasteiger partial charge is 0.255 e. The molecule has 3 rings (SSSR count). The van der Waals surface area contributed by atoms with Crippen LogP contribution in [-0.2, 0) is 0 Å². The Bertz CT molecular complexity index is 696. The molecule has 22 heavy (non-hydrogen) atoms. The van der Waals surface area contributed by atoms with E-state index in [9.17, 15) is 9.18 Å². The van der Waals surface area contributed by atoms with E-state index >= 15 is 0 Å². The summed E-state index contributed by atoms with van der Waals surface area (Å²) in [7, 11) is 0. The molecule has 2 heterocycles. The summed E-state index contributed by atoms with van der Waals surface area (Å²) in [5.41, 5.74) is 7.59. The van der Waals surface area contributed by atoms with Gasteiger partial charge < -0.3 is 10.6 Å². The average Bonchev–Trinajstić information content (AvgIpc) is 2.84. The maximum absolute atomic E-state index is 13.2. The van der Waals surface area contributed by atoms with Crippen LogP contribution in [0.5, 0.6) is 0 Å². The summed E-state index contributed by atoms with van der Waals surface area (Å²) in [4.78, 5) is 18.6. The Labute approximate surface area is 140 Å². The Morgan fingerprint density at radius 1 is 1.36 bits per heavy atom. The second kappa shape index (κ2) is 7.22. The first-order valence-corrected chi connectivity index (χ1v) is 6.66. The number of aryl methyl sites for hydroxylation is 1. The van der Waals surface area contributed by atoms with Crippen LogP contribution >= 0.6 is 24.8 Å². The monoisotopic (exact) mass is 345 g/mol. The molecule has 0 spiro atoms. The fourth-order valence-corrected chi connectivity index (χ4v) is 2.60. The summed E-state index contributed by atoms with van der Waals surface area (Å²) in [5, 5.41) is 0.767. The number of likely N-dealkylation sites (tertiary alicyclic amines) is 1. The summed E-state index contributed by atoms with van der Waals surface area (Å²) in [6.45, 7) is 3.04. The molecule has 0 bridgehead atoms. The van der Waals surface area contributed by atoms with Gasteiger partial charge in [0.2, 0.25) is 0 Å². The molecule has 1 aliphatic rings. The molecule has 0 saturated carbocycles. The van der Waals surface area contributed by atoms with Gasteiger partial charge in [0.15, 0.2) is 0 Å². The summed E-state index contributed by atoms with van der Waals surface area (Å²) in [6, 6.07) is 6.23. The Morgan fingerprint density at radius 2 is 2.09 bits per heavy atom. The van der Waals surface area contributed by atoms with Gasteiger partial charge in [-0.15, -0.1) is 24.8 Å². The maximum atomic E-state index is 13.2. The van der Waals surface area contributed by atoms with Crippen molar-refractivity contribution in [2.75, 3.05) is 13.1 Å². The third-order valence-corrected chi connectivity index (χ3v) is 3.71. The highest BCUT2D eigenvalue weighted by Gasteiger charge is 2.26. The predicted molar refractivity (Wildman–Crippen MR) is 89.4 cm³/mol. The number of nitrogens with two attached hydrogens (primary N) is 1. The molecular formula is C15H18Cl2FN3O. The van der Waals surface area contributed by atoms with Crippen molar-refractivity contribution in [3.8, 4) is 0 Å². The summed E-state index contributed by atoms with van der Waals surface area (Å²) < 4.78 is 13.2. The molecule has 2 aromatic rings. The van der Waals surface area contributed by atoms with Crippen molar-refractivity contribution in [3.05, 3.63) is 41.3 Å². The predicted octanol–water partition coefficient (Wildman–Crippen LogP) is 2.70. The van der Waals surface area contributed by atoms with Crippen LogP contribution in [0, 0.1) is 12.7 Å². The summed E-state index contributed by atoms with van der Waals surface area (Å²) >= 11 is 0. The fraction of sp³-hybridized carbons (Fsp3) is 0.333. The standard InChI is InChI=1S/C15H16FN3O.2ClH/c1-9-13(15(20)19-5-4-12(17)8-19)6-10-2-3-11(16)7-14(10)18-9;;/h2-3,6-7,12H,4-5,8,17H2,1H3;2*1H/t12-;;/m1../s1. The highest BCUT2D eigenvalue weighted by molar-refractivity contribution is 5.98. The number of halogens is 3. The van der Waals surface area contributed by atoms with Crippen molar-refractivity contribution in [1.82, 2.24) is 9.88 Å². The first kappa shape index (κ1) is 18.6. The van der Waals surface area contributed by atoms with Gasteiger partial charge in [-0.05, 0) is 31.5 Å². The minimum atomic E-state index is -0.325. The third-order valence-electron chi connectivity index (χ3n) is 3.71. The second-order valence-electron chi connectivity index (χ2n) is 5.26. The highest BCUT2D eigenvalue weighted by Crippen LogP contribution is 2.20. The van der Waals surface area contributed by atoms with Crippen molar-refractivity contribution in [2.45, 2.75) is 19.4 Å². The molecule has 1 aromatic carbocycles. The number of benzene rings is 1. The number of hydrogen-bond donors (Lipinski definition) is 1. The number of fused-ring (bicyclic) bond motifs is 1. The average molecular weight is 346 g/mol. The molecule has 4 nitrogen and oxygen atoms in total. The number of hydrogen-bond acceptors (Lipinski definition) is 3. The number of nitrogens with zero attached hydrogens (tertiary/aromatic N) is 2. The zero-order valence-electron chi connectivity index (χ0n) is 12.1. The minimum absolute atomic E-state index is 0. The Morgan fingerprint density at radius 3 is 2.73 bits per heavy atom. The fourth-order valence-electron chi connectivity index (χ4n) is 2.60. The van der Waals surface area contributed by atoms with Crippen molar-refractivity contribution >= 4 is 41.6 Å². The van der Waals surface area contributed by atoms with Gasteiger partial charge in [0.1, 0.15) is 5.82 Å². The van der Waals surface area contributed by atoms with Crippen LogP contribution in [0.3, 0.4) is 0 Å². The van der Waals surface area contributed by atoms with Crippen molar-refractivity contribution < 1.29 is 9.18 Å². The van der Waals surface area contributed by atoms with Gasteiger partial charge in [0.05, 0.1) is 16.8 Å². The molecule has 1 fully saturated rings. The van der Waals surface area contributed by atoms with Crippen LogP contribution in [0.4, 0.5) is 4.39 Å². The van der Waals surface area contributed by atoms with E-state index in [-0.39, 0.29) is 42.6 Å². The lowest BCUT2D eigenvalue weighted by molar-refractivity contribution is 0.0790. The quantitative estimate of drug-likeness (QED) is 0.864. The van der Waals surface area contributed by atoms with E-state index < -0.39 is 0 Å². The highest BCUT2D eigenvalue weighted by atomic mass is 35.5. The normalized spacial score (nSPS) is 17.0. The van der Waals surface area contributed by atoms with Gasteiger partial charge in [-0.3, -0.25) is 9.78 Å². The third kappa shape index (κ3) is 3.48. The van der Waals surface area contributed by atoms with Crippen LogP contribution in [0.2, 0.25) is 0 Å². The molecule has 0 unspecified atom stereocenters. The topological polar surface area (TPSA) is 59.2 Å². The molecule has 1 saturated heterocycles. The number of amides is 1. The zero-order valence-corrected chi connectivity index (χ0v) is 13.7. The molecule has 1 atom stereocenters. The number of carbonyl (C=O) groups excluding carboxylic acids is 1. The number of pyridine rings is 1. The number of rotatable bonds is 1. The van der Waals surface area contributed by atoms with Gasteiger partial charge in [0.25, 0.3) is 5.91 Å². The van der Waals surface area contributed by atoms with Crippen molar-refractivity contribution in [3.63, 3.8) is 0 Å². The molecule has 7 heteroatoms. The van der Waals surface area contributed by atoms with Gasteiger partial charge in [-0.25, -0.2) is 4.39 Å². The van der Waals surface area contributed by atoms with Gasteiger partial charge >= 0.3 is 0 Å². The molecule has 1 aromatic heterocycles. The molecule has 2 N–H and O–H groups in total. The van der Waals surface area contributed by atoms with E-state index in [4.69, 9.17) is 5.73 Å². The van der Waals surface area contributed by atoms with E-state index in [0.717, 1.165) is 11.8 Å². The molecule has 1 aliphatic heterocycles. The van der Waals surface area contributed by atoms with Crippen LogP contribution in [-0.4, -0.2) is 34.9 Å². The van der Waals surface area contributed by atoms with E-state index in [0.29, 0.717) is 29.9 Å². The van der Waals surface area contributed by atoms with Crippen LogP contribution < -0.4 is 5.73 Å². The van der Waals surface area contributed by atoms with Crippen LogP contribution in [0.1, 0.15) is 22.5 Å². The largest absolute Gasteiger partial charge is 0.337 e. The first-order chi connectivity index (χ1) is 9.54. The lowest BCUT2D eigenvalue weighted by atomic mass is 10.1. The Kier molecular flexibility index (Phi) is 6.11. The van der Waals surface area contributed by atoms with E-state index in [1.807, 2.05) is 0 Å². The van der Waals surface area contributed by atoms with E-state index in [1.54, 1.807) is 24.0 Å². The molecule has 0 radical (unpaired) electrons. The van der Waals surface area contributed by atoms with Crippen molar-refractivity contribution in [2.24, 2.45) is 5.73 Å². The zero-order chi connectivity index (χ0) is 14.3. The number of aromatic nitrogens is 1. The molecule has 120 valence electrons. The summed E-state index contributed by atoms with van der Waals surface area (Å²) in [6.07, 6.45) is 0.830. The van der Waals surface area contributed by atoms with E-state index in [2.05, 4.69) is 4.98 Å². The second-order valence-corrected chi connectivity index (χ2v) is 5.26. The van der Waals surface area contributed by atoms with E-state index in [1.165, 1.54) is 12.1 Å². The lowest BCUT2D eigenvalue weighted by Gasteiger charge is -2.17. The molecular weight excluding hydrogens is 328 g/mol. The first-order valence-electron chi connectivity index (χ1n) is 6.66. The number of carbonyl (C=O) groups is 1. The summed E-state index contributed by atoms with van der Waals surface area (Å²) in [5.74, 6) is -0.372.